The highest BCUT2D eigenvalue weighted by atomic mass is 32.2. The first kappa shape index (κ1) is 16.6. The van der Waals surface area contributed by atoms with E-state index in [1.165, 1.54) is 12.7 Å². The molecule has 5 nitrogen and oxygen atoms in total. The Morgan fingerprint density at radius 1 is 1.04 bits per heavy atom. The molecule has 2 aromatic rings. The Balaban J connectivity index is 1.86. The molecule has 1 aliphatic rings. The van der Waals surface area contributed by atoms with E-state index in [9.17, 15) is 8.42 Å². The van der Waals surface area contributed by atoms with Crippen LogP contribution in [-0.2, 0) is 22.9 Å². The zero-order valence-electron chi connectivity index (χ0n) is 13.8. The fourth-order valence-corrected chi connectivity index (χ4v) is 4.03. The molecule has 3 rings (SSSR count). The average Bonchev–Trinajstić information content (AvgIpc) is 3.03. The van der Waals surface area contributed by atoms with Crippen LogP contribution in [0.4, 0.5) is 5.69 Å². The lowest BCUT2D eigenvalue weighted by Crippen LogP contribution is -2.13. The minimum Gasteiger partial charge on any atom is -0.493 e. The smallest absolute Gasteiger partial charge is 0.261 e. The second kappa shape index (κ2) is 6.73. The van der Waals surface area contributed by atoms with E-state index in [1.807, 2.05) is 13.0 Å². The van der Waals surface area contributed by atoms with E-state index in [-0.39, 0.29) is 4.90 Å². The number of rotatable bonds is 6. The maximum absolute atomic E-state index is 12.6. The molecule has 128 valence electrons. The van der Waals surface area contributed by atoms with Crippen LogP contribution in [-0.4, -0.2) is 22.1 Å². The first-order valence-corrected chi connectivity index (χ1v) is 9.47. The van der Waals surface area contributed by atoms with Crippen molar-refractivity contribution in [3.63, 3.8) is 0 Å². The van der Waals surface area contributed by atoms with E-state index in [2.05, 4.69) is 4.72 Å². The predicted molar refractivity (Wildman–Crippen MR) is 93.4 cm³/mol. The molecule has 0 radical (unpaired) electrons. The molecular formula is C18H21NO4S. The summed E-state index contributed by atoms with van der Waals surface area (Å²) >= 11 is 0. The largest absolute Gasteiger partial charge is 0.493 e. The molecule has 0 bridgehead atoms. The number of benzene rings is 2. The molecule has 1 N–H and O–H groups in total. The van der Waals surface area contributed by atoms with Crippen molar-refractivity contribution < 1.29 is 17.9 Å². The summed E-state index contributed by atoms with van der Waals surface area (Å²) in [6.45, 7) is 2.39. The van der Waals surface area contributed by atoms with Gasteiger partial charge >= 0.3 is 0 Å². The van der Waals surface area contributed by atoms with Gasteiger partial charge in [0.25, 0.3) is 10.0 Å². The molecule has 0 aliphatic heterocycles. The number of aryl methyl sites for hydroxylation is 2. The Kier molecular flexibility index (Phi) is 4.66. The number of ether oxygens (including phenoxy) is 2. The Labute approximate surface area is 142 Å². The van der Waals surface area contributed by atoms with Gasteiger partial charge in [-0.1, -0.05) is 6.07 Å². The monoisotopic (exact) mass is 347 g/mol. The maximum atomic E-state index is 12.6. The molecule has 6 heteroatoms. The highest BCUT2D eigenvalue weighted by Gasteiger charge is 2.19. The zero-order chi connectivity index (χ0) is 17.2. The molecule has 0 amide bonds. The van der Waals surface area contributed by atoms with Gasteiger partial charge in [-0.25, -0.2) is 8.42 Å². The maximum Gasteiger partial charge on any atom is 0.261 e. The van der Waals surface area contributed by atoms with Crippen LogP contribution in [0.5, 0.6) is 11.5 Å². The number of methoxy groups -OCH3 is 1. The summed E-state index contributed by atoms with van der Waals surface area (Å²) in [6.07, 6.45) is 3.05. The highest BCUT2D eigenvalue weighted by Crippen LogP contribution is 2.31. The minimum absolute atomic E-state index is 0.288. The first-order chi connectivity index (χ1) is 11.5. The summed E-state index contributed by atoms with van der Waals surface area (Å²) in [7, 11) is -2.11. The van der Waals surface area contributed by atoms with E-state index in [4.69, 9.17) is 9.47 Å². The van der Waals surface area contributed by atoms with Gasteiger partial charge in [0.2, 0.25) is 0 Å². The fourth-order valence-electron chi connectivity index (χ4n) is 2.94. The number of sulfonamides is 1. The van der Waals surface area contributed by atoms with Crippen LogP contribution in [0.15, 0.2) is 41.3 Å². The van der Waals surface area contributed by atoms with E-state index < -0.39 is 10.0 Å². The van der Waals surface area contributed by atoms with Crippen LogP contribution < -0.4 is 14.2 Å². The van der Waals surface area contributed by atoms with Gasteiger partial charge < -0.3 is 9.47 Å². The van der Waals surface area contributed by atoms with Crippen LogP contribution in [0.2, 0.25) is 0 Å². The van der Waals surface area contributed by atoms with Gasteiger partial charge in [-0.2, -0.15) is 0 Å². The van der Waals surface area contributed by atoms with Crippen LogP contribution in [0.1, 0.15) is 24.5 Å². The summed E-state index contributed by atoms with van der Waals surface area (Å²) in [5.41, 5.74) is 2.81. The van der Waals surface area contributed by atoms with Crippen molar-refractivity contribution in [2.24, 2.45) is 0 Å². The first-order valence-electron chi connectivity index (χ1n) is 7.99. The van der Waals surface area contributed by atoms with Crippen LogP contribution in [0.3, 0.4) is 0 Å². The molecular weight excluding hydrogens is 326 g/mol. The normalized spacial score (nSPS) is 13.4. The summed E-state index contributed by atoms with van der Waals surface area (Å²) in [6, 6.07) is 10.3. The van der Waals surface area contributed by atoms with Gasteiger partial charge in [-0.05, 0) is 61.6 Å². The average molecular weight is 347 g/mol. The number of anilines is 1. The molecule has 0 saturated heterocycles. The Morgan fingerprint density at radius 3 is 2.58 bits per heavy atom. The Hall–Kier alpha value is -2.21. The van der Waals surface area contributed by atoms with Crippen molar-refractivity contribution in [1.82, 2.24) is 0 Å². The van der Waals surface area contributed by atoms with E-state index in [0.29, 0.717) is 23.8 Å². The lowest BCUT2D eigenvalue weighted by atomic mass is 10.1. The summed E-state index contributed by atoms with van der Waals surface area (Å²) < 4.78 is 38.6. The highest BCUT2D eigenvalue weighted by molar-refractivity contribution is 7.92. The molecule has 0 aromatic heterocycles. The number of hydrogen-bond donors (Lipinski definition) is 1. The van der Waals surface area contributed by atoms with Gasteiger partial charge in [-0.15, -0.1) is 0 Å². The fraction of sp³-hybridized carbons (Fsp3) is 0.333. The molecule has 0 spiro atoms. The molecule has 24 heavy (non-hydrogen) atoms. The van der Waals surface area contributed by atoms with E-state index in [1.54, 1.807) is 30.3 Å². The van der Waals surface area contributed by atoms with Crippen LogP contribution in [0.25, 0.3) is 0 Å². The van der Waals surface area contributed by atoms with Crippen molar-refractivity contribution in [2.45, 2.75) is 31.1 Å². The van der Waals surface area contributed by atoms with Crippen molar-refractivity contribution in [3.8, 4) is 11.5 Å². The Morgan fingerprint density at radius 2 is 1.83 bits per heavy atom. The summed E-state index contributed by atoms with van der Waals surface area (Å²) in [5.74, 6) is 1.08. The predicted octanol–water partition coefficient (Wildman–Crippen LogP) is 3.38. The molecule has 0 fully saturated rings. The third-order valence-electron chi connectivity index (χ3n) is 4.10. The number of nitrogens with one attached hydrogen (secondary N) is 1. The van der Waals surface area contributed by atoms with E-state index in [0.717, 1.165) is 24.8 Å². The second-order valence-electron chi connectivity index (χ2n) is 5.69. The summed E-state index contributed by atoms with van der Waals surface area (Å²) in [5, 5.41) is 0. The topological polar surface area (TPSA) is 64.6 Å². The Bertz CT molecular complexity index is 846. The molecule has 2 aromatic carbocycles. The van der Waals surface area contributed by atoms with Gasteiger partial charge in [0.05, 0.1) is 24.3 Å². The standard InChI is InChI=1S/C18H21NO4S/c1-3-23-17-10-8-15(12-18(17)22-2)19-24(20,21)16-9-7-13-5-4-6-14(13)11-16/h7-12,19H,3-6H2,1-2H3. The van der Waals surface area contributed by atoms with Crippen LogP contribution >= 0.6 is 0 Å². The molecule has 0 saturated carbocycles. The van der Waals surface area contributed by atoms with Gasteiger partial charge in [0, 0.05) is 6.07 Å². The van der Waals surface area contributed by atoms with E-state index >= 15 is 0 Å². The lowest BCUT2D eigenvalue weighted by Gasteiger charge is -2.13. The van der Waals surface area contributed by atoms with Crippen molar-refractivity contribution in [1.29, 1.82) is 0 Å². The second-order valence-corrected chi connectivity index (χ2v) is 7.37. The van der Waals surface area contributed by atoms with Crippen molar-refractivity contribution in [2.75, 3.05) is 18.4 Å². The van der Waals surface area contributed by atoms with Gasteiger partial charge in [0.15, 0.2) is 11.5 Å². The van der Waals surface area contributed by atoms with Crippen molar-refractivity contribution in [3.05, 3.63) is 47.5 Å². The van der Waals surface area contributed by atoms with Crippen LogP contribution in [0, 0.1) is 0 Å². The molecule has 1 aliphatic carbocycles. The molecule has 0 atom stereocenters. The third kappa shape index (κ3) is 3.33. The summed E-state index contributed by atoms with van der Waals surface area (Å²) in [4.78, 5) is 0.288. The lowest BCUT2D eigenvalue weighted by molar-refractivity contribution is 0.311. The quantitative estimate of drug-likeness (QED) is 0.870. The number of fused-ring (bicyclic) bond motifs is 1. The van der Waals surface area contributed by atoms with Gasteiger partial charge in [-0.3, -0.25) is 4.72 Å². The zero-order valence-corrected chi connectivity index (χ0v) is 14.7. The van der Waals surface area contributed by atoms with Crippen molar-refractivity contribution >= 4 is 15.7 Å². The number of hydrogen-bond acceptors (Lipinski definition) is 4. The SMILES string of the molecule is CCOc1ccc(NS(=O)(=O)c2ccc3c(c2)CCC3)cc1OC. The van der Waals surface area contributed by atoms with Gasteiger partial charge in [0.1, 0.15) is 0 Å². The minimum atomic E-state index is -3.63. The third-order valence-corrected chi connectivity index (χ3v) is 5.47. The molecule has 0 unspecified atom stereocenters. The molecule has 0 heterocycles.